The Labute approximate surface area is 104 Å². The highest BCUT2D eigenvalue weighted by Crippen LogP contribution is 2.22. The first kappa shape index (κ1) is 12.3. The highest BCUT2D eigenvalue weighted by Gasteiger charge is 2.11. The van der Waals surface area contributed by atoms with Crippen molar-refractivity contribution in [1.82, 2.24) is 15.0 Å². The van der Waals surface area contributed by atoms with Crippen molar-refractivity contribution in [3.63, 3.8) is 0 Å². The fourth-order valence-electron chi connectivity index (χ4n) is 1.54. The first-order valence-corrected chi connectivity index (χ1v) is 7.21. The van der Waals surface area contributed by atoms with Crippen LogP contribution in [0.25, 0.3) is 11.0 Å². The molecule has 0 fully saturated rings. The molecule has 0 bridgehead atoms. The average molecular weight is 265 g/mol. The first-order chi connectivity index (χ1) is 8.51. The van der Waals surface area contributed by atoms with E-state index >= 15 is 0 Å². The van der Waals surface area contributed by atoms with Gasteiger partial charge in [0.25, 0.3) is 0 Å². The van der Waals surface area contributed by atoms with Crippen LogP contribution in [0.1, 0.15) is 5.56 Å². The minimum Gasteiger partial charge on any atom is -0.368 e. The molecule has 0 aliphatic rings. The molecule has 2 aromatic rings. The Morgan fingerprint density at radius 3 is 2.94 bits per heavy atom. The van der Waals surface area contributed by atoms with Gasteiger partial charge in [0.05, 0.1) is 16.7 Å². The van der Waals surface area contributed by atoms with Crippen LogP contribution in [0.4, 0.5) is 5.82 Å². The lowest BCUT2D eigenvalue weighted by molar-refractivity contribution is 0.602. The van der Waals surface area contributed by atoms with Crippen LogP contribution in [-0.4, -0.2) is 41.9 Å². The molecule has 8 heteroatoms. The quantitative estimate of drug-likeness (QED) is 0.821. The molecular weight excluding hydrogens is 254 g/mol. The lowest BCUT2D eigenvalue weighted by Gasteiger charge is -2.05. The van der Waals surface area contributed by atoms with Gasteiger partial charge in [0.15, 0.2) is 0 Å². The molecule has 2 aromatic heterocycles. The van der Waals surface area contributed by atoms with Gasteiger partial charge in [-0.3, -0.25) is 0 Å². The van der Waals surface area contributed by atoms with E-state index in [2.05, 4.69) is 20.3 Å². The normalized spacial score (nSPS) is 11.3. The Kier molecular flexibility index (Phi) is 3.16. The van der Waals surface area contributed by atoms with E-state index in [-0.39, 0.29) is 12.3 Å². The third kappa shape index (κ3) is 2.57. The Morgan fingerprint density at radius 1 is 1.50 bits per heavy atom. The molecule has 0 saturated carbocycles. The van der Waals surface area contributed by atoms with E-state index in [0.29, 0.717) is 22.4 Å². The van der Waals surface area contributed by atoms with E-state index in [0.717, 1.165) is 0 Å². The minimum atomic E-state index is -3.03. The molecule has 0 atom stereocenters. The number of H-pyrrole nitrogens is 1. The number of nitrogens with one attached hydrogen (secondary N) is 2. The molecule has 0 radical (unpaired) electrons. The summed E-state index contributed by atoms with van der Waals surface area (Å²) in [5.74, 6) is 0.464. The first-order valence-electron chi connectivity index (χ1n) is 5.15. The van der Waals surface area contributed by atoms with Crippen molar-refractivity contribution in [3.05, 3.63) is 18.1 Å². The van der Waals surface area contributed by atoms with E-state index in [1.165, 1.54) is 12.6 Å². The number of hydrogen-bond donors (Lipinski definition) is 2. The second-order valence-corrected chi connectivity index (χ2v) is 6.08. The largest absolute Gasteiger partial charge is 0.368 e. The smallest absolute Gasteiger partial charge is 0.149 e. The zero-order valence-electron chi connectivity index (χ0n) is 9.64. The summed E-state index contributed by atoms with van der Waals surface area (Å²) in [7, 11) is -3.03. The van der Waals surface area contributed by atoms with Crippen molar-refractivity contribution in [3.8, 4) is 6.07 Å². The second-order valence-electron chi connectivity index (χ2n) is 3.82. The number of rotatable bonds is 4. The molecule has 7 nitrogen and oxygen atoms in total. The Bertz CT molecular complexity index is 713. The van der Waals surface area contributed by atoms with Gasteiger partial charge in [0.1, 0.15) is 33.7 Å². The average Bonchev–Trinajstić information content (AvgIpc) is 2.71. The number of anilines is 1. The zero-order chi connectivity index (χ0) is 13.2. The maximum absolute atomic E-state index is 11.0. The van der Waals surface area contributed by atoms with Crippen molar-refractivity contribution >= 4 is 26.7 Å². The maximum atomic E-state index is 11.0. The predicted octanol–water partition coefficient (Wildman–Crippen LogP) is 0.286. The van der Waals surface area contributed by atoms with E-state index in [1.54, 1.807) is 6.20 Å². The van der Waals surface area contributed by atoms with Gasteiger partial charge in [-0.25, -0.2) is 18.4 Å². The van der Waals surface area contributed by atoms with Crippen LogP contribution in [0, 0.1) is 11.3 Å². The number of nitrogens with zero attached hydrogens (tertiary/aromatic N) is 3. The van der Waals surface area contributed by atoms with Gasteiger partial charge in [-0.2, -0.15) is 5.26 Å². The van der Waals surface area contributed by atoms with Gasteiger partial charge in [-0.15, -0.1) is 0 Å². The molecule has 2 heterocycles. The van der Waals surface area contributed by atoms with Gasteiger partial charge < -0.3 is 10.3 Å². The van der Waals surface area contributed by atoms with Gasteiger partial charge in [-0.05, 0) is 0 Å². The van der Waals surface area contributed by atoms with E-state index < -0.39 is 9.84 Å². The third-order valence-electron chi connectivity index (χ3n) is 2.36. The zero-order valence-corrected chi connectivity index (χ0v) is 10.5. The maximum Gasteiger partial charge on any atom is 0.149 e. The number of sulfone groups is 1. The molecule has 2 N–H and O–H groups in total. The number of hydrogen-bond acceptors (Lipinski definition) is 6. The summed E-state index contributed by atoms with van der Waals surface area (Å²) in [5, 5.41) is 12.4. The summed E-state index contributed by atoms with van der Waals surface area (Å²) in [6.45, 7) is 0.237. The van der Waals surface area contributed by atoms with Crippen LogP contribution in [0.15, 0.2) is 12.5 Å². The van der Waals surface area contributed by atoms with Gasteiger partial charge >= 0.3 is 0 Å². The van der Waals surface area contributed by atoms with Crippen molar-refractivity contribution in [2.24, 2.45) is 0 Å². The lowest BCUT2D eigenvalue weighted by Crippen LogP contribution is -2.15. The van der Waals surface area contributed by atoms with Crippen LogP contribution < -0.4 is 5.32 Å². The third-order valence-corrected chi connectivity index (χ3v) is 3.30. The molecule has 0 aliphatic carbocycles. The second kappa shape index (κ2) is 4.62. The lowest BCUT2D eigenvalue weighted by atomic mass is 10.2. The van der Waals surface area contributed by atoms with Crippen LogP contribution in [0.5, 0.6) is 0 Å². The number of aromatic amines is 1. The van der Waals surface area contributed by atoms with Crippen molar-refractivity contribution in [1.29, 1.82) is 5.26 Å². The Hall–Kier alpha value is -2.14. The molecule has 94 valence electrons. The summed E-state index contributed by atoms with van der Waals surface area (Å²) in [6, 6.07) is 2.03. The standard InChI is InChI=1S/C10H11N5O2S/c1-18(16,17)3-2-12-9-8-7(4-11)5-13-10(8)15-6-14-9/h5-6H,2-3H2,1H3,(H2,12,13,14,15). The fraction of sp³-hybridized carbons (Fsp3) is 0.300. The van der Waals surface area contributed by atoms with E-state index in [9.17, 15) is 8.42 Å². The fourth-order valence-corrected chi connectivity index (χ4v) is 2.01. The molecule has 0 amide bonds. The topological polar surface area (TPSA) is 112 Å². The summed E-state index contributed by atoms with van der Waals surface area (Å²) < 4.78 is 22.1. The molecule has 0 spiro atoms. The van der Waals surface area contributed by atoms with Crippen molar-refractivity contribution < 1.29 is 8.42 Å². The van der Waals surface area contributed by atoms with E-state index in [1.807, 2.05) is 6.07 Å². The molecular formula is C10H11N5O2S. The SMILES string of the molecule is CS(=O)(=O)CCNc1ncnc2[nH]cc(C#N)c12. The molecule has 18 heavy (non-hydrogen) atoms. The number of fused-ring (bicyclic) bond motifs is 1. The summed E-state index contributed by atoms with van der Waals surface area (Å²) >= 11 is 0. The molecule has 2 rings (SSSR count). The predicted molar refractivity (Wildman–Crippen MR) is 66.8 cm³/mol. The van der Waals surface area contributed by atoms with Crippen molar-refractivity contribution in [2.75, 3.05) is 23.9 Å². The molecule has 0 aliphatic heterocycles. The Morgan fingerprint density at radius 2 is 2.28 bits per heavy atom. The van der Waals surface area contributed by atoms with Gasteiger partial charge in [0.2, 0.25) is 0 Å². The monoisotopic (exact) mass is 265 g/mol. The minimum absolute atomic E-state index is 0.00477. The summed E-state index contributed by atoms with van der Waals surface area (Å²) in [4.78, 5) is 10.9. The van der Waals surface area contributed by atoms with Crippen LogP contribution in [0.3, 0.4) is 0 Å². The van der Waals surface area contributed by atoms with E-state index in [4.69, 9.17) is 5.26 Å². The van der Waals surface area contributed by atoms with Gasteiger partial charge in [-0.1, -0.05) is 0 Å². The number of nitriles is 1. The van der Waals surface area contributed by atoms with Crippen molar-refractivity contribution in [2.45, 2.75) is 0 Å². The number of aromatic nitrogens is 3. The molecule has 0 saturated heterocycles. The van der Waals surface area contributed by atoms with Gasteiger partial charge in [0, 0.05) is 19.0 Å². The highest BCUT2D eigenvalue weighted by molar-refractivity contribution is 7.90. The van der Waals surface area contributed by atoms with Crippen LogP contribution in [-0.2, 0) is 9.84 Å². The molecule has 0 unspecified atom stereocenters. The van der Waals surface area contributed by atoms with Crippen LogP contribution >= 0.6 is 0 Å². The Balaban J connectivity index is 2.28. The summed E-state index contributed by atoms with van der Waals surface area (Å²) in [5.41, 5.74) is 0.968. The van der Waals surface area contributed by atoms with Crippen LogP contribution in [0.2, 0.25) is 0 Å². The summed E-state index contributed by atoms with van der Waals surface area (Å²) in [6.07, 6.45) is 4.06. The molecule has 0 aromatic carbocycles. The highest BCUT2D eigenvalue weighted by atomic mass is 32.2.